The number of imidazole rings is 1. The van der Waals surface area contributed by atoms with Gasteiger partial charge in [-0.3, -0.25) is 9.36 Å². The van der Waals surface area contributed by atoms with Gasteiger partial charge in [-0.15, -0.1) is 0 Å². The standard InChI is InChI=1S/C23H34N4O6/c1-23(2,3)19(20(30)24-12-16(29)14-28)25-21(31)27-18-7-5-4-6-17(18)26(22(27)32)13-15-8-10-33-11-9-15/h4-7,15-16,19,28-29H,8-14H2,1-3H3,(H,24,30)(H,25,31)/t16-,19+/m0/s1. The zero-order chi connectivity index (χ0) is 24.2. The SMILES string of the molecule is CC(C)(C)[C@H](NC(=O)n1c(=O)n(CC2CCOCC2)c2ccccc21)C(=O)NC[C@H](O)CO. The number of rotatable bonds is 7. The zero-order valence-corrected chi connectivity index (χ0v) is 19.4. The Kier molecular flexibility index (Phi) is 7.93. The van der Waals surface area contributed by atoms with Crippen molar-refractivity contribution in [3.8, 4) is 0 Å². The minimum atomic E-state index is -1.10. The average molecular weight is 463 g/mol. The van der Waals surface area contributed by atoms with E-state index in [1.807, 2.05) is 12.1 Å². The number of nitrogens with one attached hydrogen (secondary N) is 2. The first kappa shape index (κ1) is 24.9. The van der Waals surface area contributed by atoms with Gasteiger partial charge >= 0.3 is 11.7 Å². The van der Waals surface area contributed by atoms with Crippen LogP contribution in [0.25, 0.3) is 11.0 Å². The number of benzene rings is 1. The summed E-state index contributed by atoms with van der Waals surface area (Å²) in [6.45, 7) is 6.53. The first-order chi connectivity index (χ1) is 15.6. The monoisotopic (exact) mass is 462 g/mol. The summed E-state index contributed by atoms with van der Waals surface area (Å²) >= 11 is 0. The van der Waals surface area contributed by atoms with E-state index >= 15 is 0 Å². The topological polar surface area (TPSA) is 135 Å². The lowest BCUT2D eigenvalue weighted by Crippen LogP contribution is -2.56. The van der Waals surface area contributed by atoms with Gasteiger partial charge in [-0.25, -0.2) is 14.2 Å². The number of carbonyl (C=O) groups is 2. The third kappa shape index (κ3) is 5.82. The van der Waals surface area contributed by atoms with Crippen molar-refractivity contribution < 1.29 is 24.5 Å². The molecule has 1 aromatic carbocycles. The summed E-state index contributed by atoms with van der Waals surface area (Å²) in [4.78, 5) is 39.4. The quantitative estimate of drug-likeness (QED) is 0.478. The molecule has 2 amide bonds. The Hall–Kier alpha value is -2.69. The number of para-hydroxylation sites is 2. The molecule has 1 aliphatic heterocycles. The van der Waals surface area contributed by atoms with Crippen molar-refractivity contribution in [3.05, 3.63) is 34.7 Å². The van der Waals surface area contributed by atoms with Gasteiger partial charge < -0.3 is 25.6 Å². The molecule has 0 aliphatic carbocycles. The zero-order valence-electron chi connectivity index (χ0n) is 19.4. The van der Waals surface area contributed by atoms with Crippen molar-refractivity contribution in [1.82, 2.24) is 19.8 Å². The number of fused-ring (bicyclic) bond motifs is 1. The minimum Gasteiger partial charge on any atom is -0.394 e. The highest BCUT2D eigenvalue weighted by atomic mass is 16.5. The number of hydrogen-bond acceptors (Lipinski definition) is 6. The Morgan fingerprint density at radius 3 is 2.42 bits per heavy atom. The number of nitrogens with zero attached hydrogens (tertiary/aromatic N) is 2. The van der Waals surface area contributed by atoms with E-state index < -0.39 is 41.8 Å². The van der Waals surface area contributed by atoms with Gasteiger partial charge in [-0.2, -0.15) is 0 Å². The molecule has 33 heavy (non-hydrogen) atoms. The summed E-state index contributed by atoms with van der Waals surface area (Å²) in [5.74, 6) is -0.229. The maximum absolute atomic E-state index is 13.3. The summed E-state index contributed by atoms with van der Waals surface area (Å²) in [6.07, 6.45) is 0.602. The second-order valence-corrected chi connectivity index (χ2v) is 9.60. The Balaban J connectivity index is 1.89. The van der Waals surface area contributed by atoms with Crippen LogP contribution in [0.4, 0.5) is 4.79 Å². The second kappa shape index (κ2) is 10.5. The van der Waals surface area contributed by atoms with E-state index in [1.165, 1.54) is 0 Å². The molecular weight excluding hydrogens is 428 g/mol. The number of aliphatic hydroxyl groups excluding tert-OH is 2. The van der Waals surface area contributed by atoms with Crippen LogP contribution in [0.3, 0.4) is 0 Å². The molecule has 0 saturated carbocycles. The van der Waals surface area contributed by atoms with Crippen LogP contribution in [0.1, 0.15) is 33.6 Å². The molecule has 3 rings (SSSR count). The molecule has 1 aromatic heterocycles. The summed E-state index contributed by atoms with van der Waals surface area (Å²) in [7, 11) is 0. The Morgan fingerprint density at radius 1 is 1.18 bits per heavy atom. The lowest BCUT2D eigenvalue weighted by atomic mass is 9.86. The number of amides is 2. The molecule has 2 atom stereocenters. The number of hydrogen-bond donors (Lipinski definition) is 4. The van der Waals surface area contributed by atoms with E-state index in [9.17, 15) is 19.5 Å². The van der Waals surface area contributed by atoms with Crippen LogP contribution >= 0.6 is 0 Å². The van der Waals surface area contributed by atoms with Crippen molar-refractivity contribution in [2.75, 3.05) is 26.4 Å². The molecule has 10 nitrogen and oxygen atoms in total. The molecule has 10 heteroatoms. The molecule has 2 heterocycles. The number of aliphatic hydroxyl groups is 2. The van der Waals surface area contributed by atoms with Gasteiger partial charge in [0.25, 0.3) is 0 Å². The molecule has 2 aromatic rings. The van der Waals surface area contributed by atoms with Crippen molar-refractivity contribution in [2.24, 2.45) is 11.3 Å². The number of carbonyl (C=O) groups excluding carboxylic acids is 2. The molecule has 0 radical (unpaired) electrons. The van der Waals surface area contributed by atoms with Gasteiger partial charge in [-0.1, -0.05) is 32.9 Å². The third-order valence-electron chi connectivity index (χ3n) is 5.94. The Morgan fingerprint density at radius 2 is 1.82 bits per heavy atom. The molecule has 0 unspecified atom stereocenters. The van der Waals surface area contributed by atoms with Gasteiger partial charge in [0.15, 0.2) is 0 Å². The molecule has 1 saturated heterocycles. The summed E-state index contributed by atoms with van der Waals surface area (Å²) < 4.78 is 8.11. The molecular formula is C23H34N4O6. The van der Waals surface area contributed by atoms with Crippen molar-refractivity contribution in [2.45, 2.75) is 52.3 Å². The Bertz CT molecular complexity index is 1030. The molecule has 4 N–H and O–H groups in total. The van der Waals surface area contributed by atoms with Crippen LogP contribution < -0.4 is 16.3 Å². The lowest BCUT2D eigenvalue weighted by Gasteiger charge is -2.30. The van der Waals surface area contributed by atoms with E-state index in [1.54, 1.807) is 37.5 Å². The van der Waals surface area contributed by atoms with E-state index in [2.05, 4.69) is 10.6 Å². The van der Waals surface area contributed by atoms with Gasteiger partial charge in [-0.05, 0) is 36.3 Å². The molecule has 0 bridgehead atoms. The lowest BCUT2D eigenvalue weighted by molar-refractivity contribution is -0.125. The summed E-state index contributed by atoms with van der Waals surface area (Å²) in [6, 6.07) is 5.43. The van der Waals surface area contributed by atoms with Crippen LogP contribution in [0.5, 0.6) is 0 Å². The van der Waals surface area contributed by atoms with E-state index in [0.717, 1.165) is 17.4 Å². The number of aromatic nitrogens is 2. The van der Waals surface area contributed by atoms with Gasteiger partial charge in [0.1, 0.15) is 6.04 Å². The summed E-state index contributed by atoms with van der Waals surface area (Å²) in [5.41, 5.74) is 0.000293. The van der Waals surface area contributed by atoms with Gasteiger partial charge in [0, 0.05) is 26.3 Å². The van der Waals surface area contributed by atoms with Crippen LogP contribution in [0, 0.1) is 11.3 Å². The van der Waals surface area contributed by atoms with Gasteiger partial charge in [0.05, 0.1) is 23.7 Å². The molecule has 0 spiro atoms. The first-order valence-corrected chi connectivity index (χ1v) is 11.3. The fraction of sp³-hybridized carbons (Fsp3) is 0.609. The van der Waals surface area contributed by atoms with Crippen LogP contribution in [-0.4, -0.2) is 69.8 Å². The molecule has 1 fully saturated rings. The van der Waals surface area contributed by atoms with E-state index in [0.29, 0.717) is 30.8 Å². The number of ether oxygens (including phenoxy) is 1. The highest BCUT2D eigenvalue weighted by Gasteiger charge is 2.34. The minimum absolute atomic E-state index is 0.151. The third-order valence-corrected chi connectivity index (χ3v) is 5.94. The maximum atomic E-state index is 13.3. The Labute approximate surface area is 192 Å². The second-order valence-electron chi connectivity index (χ2n) is 9.60. The van der Waals surface area contributed by atoms with Crippen LogP contribution in [-0.2, 0) is 16.1 Å². The fourth-order valence-electron chi connectivity index (χ4n) is 4.02. The normalized spacial score (nSPS) is 17.0. The van der Waals surface area contributed by atoms with E-state index in [-0.39, 0.29) is 12.5 Å². The summed E-state index contributed by atoms with van der Waals surface area (Å²) in [5, 5.41) is 23.7. The smallest absolute Gasteiger partial charge is 0.337 e. The average Bonchev–Trinajstić information content (AvgIpc) is 3.06. The predicted molar refractivity (Wildman–Crippen MR) is 123 cm³/mol. The van der Waals surface area contributed by atoms with Crippen molar-refractivity contribution in [1.29, 1.82) is 0 Å². The van der Waals surface area contributed by atoms with Crippen molar-refractivity contribution in [3.63, 3.8) is 0 Å². The fourth-order valence-corrected chi connectivity index (χ4v) is 4.02. The van der Waals surface area contributed by atoms with Crippen LogP contribution in [0.15, 0.2) is 29.1 Å². The molecule has 1 aliphatic rings. The largest absolute Gasteiger partial charge is 0.394 e. The highest BCUT2D eigenvalue weighted by Crippen LogP contribution is 2.22. The predicted octanol–water partition coefficient (Wildman–Crippen LogP) is 0.671. The van der Waals surface area contributed by atoms with Gasteiger partial charge in [0.2, 0.25) is 5.91 Å². The highest BCUT2D eigenvalue weighted by molar-refractivity contribution is 5.93. The van der Waals surface area contributed by atoms with E-state index in [4.69, 9.17) is 9.84 Å². The molecule has 182 valence electrons. The van der Waals surface area contributed by atoms with Crippen LogP contribution in [0.2, 0.25) is 0 Å². The first-order valence-electron chi connectivity index (χ1n) is 11.3. The van der Waals surface area contributed by atoms with Crippen molar-refractivity contribution >= 4 is 23.0 Å². The maximum Gasteiger partial charge on any atom is 0.337 e.